The van der Waals surface area contributed by atoms with Gasteiger partial charge in [0.2, 0.25) is 0 Å². The molecule has 1 heterocycles. The monoisotopic (exact) mass is 314 g/mol. The lowest BCUT2D eigenvalue weighted by Crippen LogP contribution is -2.27. The number of benzene rings is 1. The molecule has 2 rings (SSSR count). The number of halogens is 2. The van der Waals surface area contributed by atoms with Crippen molar-refractivity contribution in [3.05, 3.63) is 34.1 Å². The Bertz CT molecular complexity index is 475. The van der Waals surface area contributed by atoms with E-state index in [1.165, 1.54) is 6.07 Å². The molecule has 18 heavy (non-hydrogen) atoms. The number of rotatable bonds is 2. The van der Waals surface area contributed by atoms with Crippen LogP contribution in [0.2, 0.25) is 0 Å². The topological polar surface area (TPSA) is 26.3 Å². The number of hydrogen-bond acceptors (Lipinski definition) is 2. The molecular weight excluding hydrogens is 299 g/mol. The van der Waals surface area contributed by atoms with Crippen LogP contribution >= 0.6 is 15.9 Å². The fourth-order valence-electron chi connectivity index (χ4n) is 2.59. The standard InChI is InChI=1S/C14H16BrFO2/c1-7-8(2)18-9(3)12(7)14(17)10-5-4-6-11(15)13(10)16/h4-9,12H,1-3H3. The highest BCUT2D eigenvalue weighted by atomic mass is 79.9. The number of ether oxygens (including phenoxy) is 1. The van der Waals surface area contributed by atoms with Crippen LogP contribution in [0.5, 0.6) is 0 Å². The first-order valence-electron chi connectivity index (χ1n) is 6.07. The number of carbonyl (C=O) groups excluding carboxylic acids is 1. The van der Waals surface area contributed by atoms with Crippen molar-refractivity contribution in [2.45, 2.75) is 33.0 Å². The molecule has 0 spiro atoms. The van der Waals surface area contributed by atoms with Gasteiger partial charge in [0.15, 0.2) is 5.78 Å². The highest BCUT2D eigenvalue weighted by Gasteiger charge is 2.42. The molecule has 0 aromatic heterocycles. The molecule has 1 saturated heterocycles. The van der Waals surface area contributed by atoms with Gasteiger partial charge < -0.3 is 4.74 Å². The lowest BCUT2D eigenvalue weighted by Gasteiger charge is -2.17. The molecule has 4 unspecified atom stereocenters. The highest BCUT2D eigenvalue weighted by Crippen LogP contribution is 2.35. The summed E-state index contributed by atoms with van der Waals surface area (Å²) in [5.74, 6) is -0.825. The van der Waals surface area contributed by atoms with E-state index in [2.05, 4.69) is 15.9 Å². The lowest BCUT2D eigenvalue weighted by molar-refractivity contribution is 0.0490. The first-order valence-corrected chi connectivity index (χ1v) is 6.86. The van der Waals surface area contributed by atoms with Gasteiger partial charge in [0.1, 0.15) is 5.82 Å². The van der Waals surface area contributed by atoms with E-state index < -0.39 is 5.82 Å². The molecule has 1 aliphatic rings. The second-order valence-corrected chi connectivity index (χ2v) is 5.75. The van der Waals surface area contributed by atoms with Crippen LogP contribution in [0.15, 0.2) is 22.7 Å². The van der Waals surface area contributed by atoms with Gasteiger partial charge in [0, 0.05) is 0 Å². The molecular formula is C14H16BrFO2. The quantitative estimate of drug-likeness (QED) is 0.775. The van der Waals surface area contributed by atoms with Crippen LogP contribution in [0.3, 0.4) is 0 Å². The fourth-order valence-corrected chi connectivity index (χ4v) is 2.96. The molecule has 0 radical (unpaired) electrons. The van der Waals surface area contributed by atoms with Crippen LogP contribution < -0.4 is 0 Å². The zero-order chi connectivity index (χ0) is 13.4. The Hall–Kier alpha value is -0.740. The Kier molecular flexibility index (Phi) is 3.87. The molecule has 4 atom stereocenters. The van der Waals surface area contributed by atoms with E-state index in [4.69, 9.17) is 4.74 Å². The van der Waals surface area contributed by atoms with Crippen molar-refractivity contribution in [1.29, 1.82) is 0 Å². The van der Waals surface area contributed by atoms with Crippen molar-refractivity contribution < 1.29 is 13.9 Å². The molecule has 0 amide bonds. The van der Waals surface area contributed by atoms with E-state index in [0.717, 1.165) is 0 Å². The minimum absolute atomic E-state index is 0.0316. The highest BCUT2D eigenvalue weighted by molar-refractivity contribution is 9.10. The third-order valence-electron chi connectivity index (χ3n) is 3.76. The Morgan fingerprint density at radius 1 is 1.28 bits per heavy atom. The molecule has 4 heteroatoms. The van der Waals surface area contributed by atoms with E-state index in [-0.39, 0.29) is 35.4 Å². The smallest absolute Gasteiger partial charge is 0.171 e. The third kappa shape index (κ3) is 2.24. The average molecular weight is 315 g/mol. The van der Waals surface area contributed by atoms with Crippen molar-refractivity contribution in [2.24, 2.45) is 11.8 Å². The first kappa shape index (κ1) is 13.7. The van der Waals surface area contributed by atoms with Crippen molar-refractivity contribution >= 4 is 21.7 Å². The Balaban J connectivity index is 2.34. The second kappa shape index (κ2) is 5.10. The maximum absolute atomic E-state index is 13.9. The maximum atomic E-state index is 13.9. The van der Waals surface area contributed by atoms with Gasteiger partial charge in [-0.3, -0.25) is 4.79 Å². The summed E-state index contributed by atoms with van der Waals surface area (Å²) < 4.78 is 19.9. The van der Waals surface area contributed by atoms with E-state index in [9.17, 15) is 9.18 Å². The van der Waals surface area contributed by atoms with Gasteiger partial charge in [-0.05, 0) is 47.8 Å². The van der Waals surface area contributed by atoms with Crippen LogP contribution in [0.1, 0.15) is 31.1 Å². The predicted octanol–water partition coefficient (Wildman–Crippen LogP) is 3.83. The zero-order valence-corrected chi connectivity index (χ0v) is 12.2. The molecule has 1 aromatic rings. The molecule has 1 aromatic carbocycles. The number of hydrogen-bond donors (Lipinski definition) is 0. The fraction of sp³-hybridized carbons (Fsp3) is 0.500. The summed E-state index contributed by atoms with van der Waals surface area (Å²) in [6.07, 6.45) is -0.134. The molecule has 0 aliphatic carbocycles. The summed E-state index contributed by atoms with van der Waals surface area (Å²) in [4.78, 5) is 12.4. The lowest BCUT2D eigenvalue weighted by atomic mass is 9.83. The number of ketones is 1. The van der Waals surface area contributed by atoms with Gasteiger partial charge in [-0.2, -0.15) is 0 Å². The summed E-state index contributed by atoms with van der Waals surface area (Å²) in [5.41, 5.74) is 0.144. The van der Waals surface area contributed by atoms with Crippen LogP contribution in [0.4, 0.5) is 4.39 Å². The van der Waals surface area contributed by atoms with Gasteiger partial charge >= 0.3 is 0 Å². The molecule has 1 aliphatic heterocycles. The van der Waals surface area contributed by atoms with E-state index >= 15 is 0 Å². The van der Waals surface area contributed by atoms with Crippen molar-refractivity contribution in [3.8, 4) is 0 Å². The third-order valence-corrected chi connectivity index (χ3v) is 4.37. The summed E-state index contributed by atoms with van der Waals surface area (Å²) in [6, 6.07) is 4.80. The van der Waals surface area contributed by atoms with Crippen LogP contribution in [-0.2, 0) is 4.74 Å². The van der Waals surface area contributed by atoms with Crippen LogP contribution in [0, 0.1) is 17.7 Å². The van der Waals surface area contributed by atoms with Crippen molar-refractivity contribution in [2.75, 3.05) is 0 Å². The number of carbonyl (C=O) groups is 1. The van der Waals surface area contributed by atoms with Gasteiger partial charge in [0.05, 0.1) is 28.2 Å². The SMILES string of the molecule is CC1OC(C)C(C(=O)c2cccc(Br)c2F)C1C. The zero-order valence-electron chi connectivity index (χ0n) is 10.6. The minimum Gasteiger partial charge on any atom is -0.374 e. The van der Waals surface area contributed by atoms with Crippen molar-refractivity contribution in [1.82, 2.24) is 0 Å². The maximum Gasteiger partial charge on any atom is 0.171 e. The molecule has 1 fully saturated rings. The van der Waals surface area contributed by atoms with Gasteiger partial charge in [-0.25, -0.2) is 4.39 Å². The Morgan fingerprint density at radius 2 is 1.94 bits per heavy atom. The van der Waals surface area contributed by atoms with E-state index in [1.54, 1.807) is 12.1 Å². The summed E-state index contributed by atoms with van der Waals surface area (Å²) in [7, 11) is 0. The normalized spacial score (nSPS) is 31.6. The Labute approximate surface area is 115 Å². The van der Waals surface area contributed by atoms with Crippen LogP contribution in [-0.4, -0.2) is 18.0 Å². The molecule has 0 saturated carbocycles. The second-order valence-electron chi connectivity index (χ2n) is 4.90. The average Bonchev–Trinajstić information content (AvgIpc) is 2.56. The van der Waals surface area contributed by atoms with Gasteiger partial charge in [-0.1, -0.05) is 13.0 Å². The van der Waals surface area contributed by atoms with Gasteiger partial charge in [0.25, 0.3) is 0 Å². The van der Waals surface area contributed by atoms with Gasteiger partial charge in [-0.15, -0.1) is 0 Å². The molecule has 0 N–H and O–H groups in total. The Morgan fingerprint density at radius 3 is 2.50 bits per heavy atom. The summed E-state index contributed by atoms with van der Waals surface area (Å²) >= 11 is 3.11. The first-order chi connectivity index (χ1) is 8.43. The minimum atomic E-state index is -0.485. The van der Waals surface area contributed by atoms with Crippen molar-refractivity contribution in [3.63, 3.8) is 0 Å². The molecule has 0 bridgehead atoms. The van der Waals surface area contributed by atoms with E-state index in [1.807, 2.05) is 20.8 Å². The number of Topliss-reactive ketones (excluding diaryl/α,β-unsaturated/α-hetero) is 1. The van der Waals surface area contributed by atoms with Crippen LogP contribution in [0.25, 0.3) is 0 Å². The predicted molar refractivity (Wildman–Crippen MR) is 71.1 cm³/mol. The van der Waals surface area contributed by atoms with E-state index in [0.29, 0.717) is 4.47 Å². The molecule has 98 valence electrons. The summed E-state index contributed by atoms with van der Waals surface area (Å²) in [5, 5.41) is 0. The largest absolute Gasteiger partial charge is 0.374 e. The summed E-state index contributed by atoms with van der Waals surface area (Å²) in [6.45, 7) is 5.80. The molecule has 2 nitrogen and oxygen atoms in total.